The van der Waals surface area contributed by atoms with E-state index in [0.717, 1.165) is 19.4 Å². The third kappa shape index (κ3) is 5.80. The summed E-state index contributed by atoms with van der Waals surface area (Å²) in [5.41, 5.74) is 5.49. The van der Waals surface area contributed by atoms with Crippen molar-refractivity contribution in [1.82, 2.24) is 0 Å². The van der Waals surface area contributed by atoms with E-state index < -0.39 is 0 Å². The van der Waals surface area contributed by atoms with Gasteiger partial charge in [0.15, 0.2) is 0 Å². The Labute approximate surface area is 57.4 Å². The Morgan fingerprint density at radius 1 is 1.44 bits per heavy atom. The standard InChI is InChI=1S/C7H17NO/c1-3-5-6-9-7(8)4-2/h7H,3-6,8H2,1-2H3. The number of hydrogen-bond donors (Lipinski definition) is 1. The van der Waals surface area contributed by atoms with Crippen LogP contribution in [0.1, 0.15) is 33.1 Å². The molecule has 0 radical (unpaired) electrons. The van der Waals surface area contributed by atoms with Gasteiger partial charge in [-0.15, -0.1) is 0 Å². The van der Waals surface area contributed by atoms with Crippen molar-refractivity contribution in [2.24, 2.45) is 5.73 Å². The average Bonchev–Trinajstić information content (AvgIpc) is 1.89. The molecule has 1 unspecified atom stereocenters. The predicted molar refractivity (Wildman–Crippen MR) is 39.1 cm³/mol. The van der Waals surface area contributed by atoms with Crippen molar-refractivity contribution >= 4 is 0 Å². The van der Waals surface area contributed by atoms with Gasteiger partial charge in [-0.3, -0.25) is 0 Å². The van der Waals surface area contributed by atoms with Crippen molar-refractivity contribution in [3.05, 3.63) is 0 Å². The van der Waals surface area contributed by atoms with Crippen molar-refractivity contribution < 1.29 is 4.74 Å². The summed E-state index contributed by atoms with van der Waals surface area (Å²) in [4.78, 5) is 0. The first-order valence-corrected chi connectivity index (χ1v) is 3.68. The van der Waals surface area contributed by atoms with E-state index in [1.54, 1.807) is 0 Å². The zero-order chi connectivity index (χ0) is 7.11. The van der Waals surface area contributed by atoms with Crippen LogP contribution in [0.5, 0.6) is 0 Å². The van der Waals surface area contributed by atoms with Crippen molar-refractivity contribution in [3.8, 4) is 0 Å². The zero-order valence-electron chi connectivity index (χ0n) is 6.39. The van der Waals surface area contributed by atoms with Gasteiger partial charge in [0, 0.05) is 6.61 Å². The van der Waals surface area contributed by atoms with Gasteiger partial charge in [0.05, 0.1) is 0 Å². The highest BCUT2D eigenvalue weighted by Gasteiger charge is 1.95. The molecular weight excluding hydrogens is 114 g/mol. The van der Waals surface area contributed by atoms with Gasteiger partial charge in [-0.25, -0.2) is 0 Å². The molecule has 0 aliphatic carbocycles. The summed E-state index contributed by atoms with van der Waals surface area (Å²) >= 11 is 0. The number of nitrogens with two attached hydrogens (primary N) is 1. The maximum atomic E-state index is 5.49. The molecule has 0 bridgehead atoms. The molecule has 0 aliphatic heterocycles. The summed E-state index contributed by atoms with van der Waals surface area (Å²) < 4.78 is 5.21. The molecule has 9 heavy (non-hydrogen) atoms. The van der Waals surface area contributed by atoms with Crippen LogP contribution in [0, 0.1) is 0 Å². The highest BCUT2D eigenvalue weighted by atomic mass is 16.5. The summed E-state index contributed by atoms with van der Waals surface area (Å²) in [6.45, 7) is 4.98. The first kappa shape index (κ1) is 8.92. The van der Waals surface area contributed by atoms with Crippen LogP contribution < -0.4 is 5.73 Å². The van der Waals surface area contributed by atoms with Crippen LogP contribution in [0.4, 0.5) is 0 Å². The number of ether oxygens (including phenoxy) is 1. The molecule has 1 atom stereocenters. The smallest absolute Gasteiger partial charge is 0.105 e. The van der Waals surface area contributed by atoms with Crippen LogP contribution in [0.25, 0.3) is 0 Å². The van der Waals surface area contributed by atoms with Crippen LogP contribution in [0.3, 0.4) is 0 Å². The third-order valence-corrected chi connectivity index (χ3v) is 1.23. The lowest BCUT2D eigenvalue weighted by molar-refractivity contribution is 0.0534. The molecule has 0 rings (SSSR count). The van der Waals surface area contributed by atoms with Crippen molar-refractivity contribution in [3.63, 3.8) is 0 Å². The molecule has 2 heteroatoms. The van der Waals surface area contributed by atoms with Crippen LogP contribution in [-0.2, 0) is 4.74 Å². The van der Waals surface area contributed by atoms with Gasteiger partial charge >= 0.3 is 0 Å². The molecule has 0 saturated heterocycles. The lowest BCUT2D eigenvalue weighted by Crippen LogP contribution is -2.22. The Kier molecular flexibility index (Phi) is 5.99. The molecule has 2 N–H and O–H groups in total. The molecule has 0 aromatic rings. The lowest BCUT2D eigenvalue weighted by atomic mass is 10.3. The van der Waals surface area contributed by atoms with E-state index >= 15 is 0 Å². The second-order valence-corrected chi connectivity index (χ2v) is 2.17. The molecule has 0 fully saturated rings. The van der Waals surface area contributed by atoms with Gasteiger partial charge in [0.1, 0.15) is 6.23 Å². The summed E-state index contributed by atoms with van der Waals surface area (Å²) in [6.07, 6.45) is 3.16. The first-order valence-electron chi connectivity index (χ1n) is 3.68. The van der Waals surface area contributed by atoms with E-state index in [1.165, 1.54) is 6.42 Å². The largest absolute Gasteiger partial charge is 0.364 e. The maximum absolute atomic E-state index is 5.49. The van der Waals surface area contributed by atoms with Crippen LogP contribution in [0.15, 0.2) is 0 Å². The third-order valence-electron chi connectivity index (χ3n) is 1.23. The fourth-order valence-electron chi connectivity index (χ4n) is 0.497. The summed E-state index contributed by atoms with van der Waals surface area (Å²) in [5.74, 6) is 0. The zero-order valence-corrected chi connectivity index (χ0v) is 6.39. The molecule has 0 saturated carbocycles. The van der Waals surface area contributed by atoms with Crippen molar-refractivity contribution in [2.45, 2.75) is 39.3 Å². The molecule has 0 heterocycles. The van der Waals surface area contributed by atoms with E-state index in [4.69, 9.17) is 10.5 Å². The van der Waals surface area contributed by atoms with Gasteiger partial charge in [0.25, 0.3) is 0 Å². The van der Waals surface area contributed by atoms with Crippen LogP contribution in [0.2, 0.25) is 0 Å². The van der Waals surface area contributed by atoms with E-state index in [2.05, 4.69) is 6.92 Å². The molecule has 0 aliphatic rings. The SMILES string of the molecule is CCCCOC(N)CC. The fourth-order valence-corrected chi connectivity index (χ4v) is 0.497. The Bertz CT molecular complexity index is 56.9. The van der Waals surface area contributed by atoms with E-state index in [0.29, 0.717) is 0 Å². The quantitative estimate of drug-likeness (QED) is 0.453. The number of unbranched alkanes of at least 4 members (excludes halogenated alkanes) is 1. The molecular formula is C7H17NO. The predicted octanol–water partition coefficient (Wildman–Crippen LogP) is 1.50. The Hall–Kier alpha value is -0.0800. The summed E-state index contributed by atoms with van der Waals surface area (Å²) in [5, 5.41) is 0. The van der Waals surface area contributed by atoms with Gasteiger partial charge in [-0.05, 0) is 12.8 Å². The van der Waals surface area contributed by atoms with E-state index in [-0.39, 0.29) is 6.23 Å². The Morgan fingerprint density at radius 3 is 2.56 bits per heavy atom. The minimum atomic E-state index is -0.0449. The van der Waals surface area contributed by atoms with Gasteiger partial charge in [0.2, 0.25) is 0 Å². The Balaban J connectivity index is 2.88. The first-order chi connectivity index (χ1) is 4.31. The Morgan fingerprint density at radius 2 is 2.11 bits per heavy atom. The fraction of sp³-hybridized carbons (Fsp3) is 1.00. The summed E-state index contributed by atoms with van der Waals surface area (Å²) in [6, 6.07) is 0. The van der Waals surface area contributed by atoms with Crippen molar-refractivity contribution in [2.75, 3.05) is 6.61 Å². The minimum Gasteiger partial charge on any atom is -0.364 e. The number of rotatable bonds is 5. The molecule has 0 aromatic carbocycles. The molecule has 2 nitrogen and oxygen atoms in total. The van der Waals surface area contributed by atoms with E-state index in [1.807, 2.05) is 6.92 Å². The molecule has 56 valence electrons. The highest BCUT2D eigenvalue weighted by Crippen LogP contribution is 1.92. The van der Waals surface area contributed by atoms with E-state index in [9.17, 15) is 0 Å². The minimum absolute atomic E-state index is 0.0449. The normalized spacial score (nSPS) is 13.7. The van der Waals surface area contributed by atoms with Crippen LogP contribution >= 0.6 is 0 Å². The summed E-state index contributed by atoms with van der Waals surface area (Å²) in [7, 11) is 0. The topological polar surface area (TPSA) is 35.2 Å². The molecule has 0 spiro atoms. The van der Waals surface area contributed by atoms with Crippen molar-refractivity contribution in [1.29, 1.82) is 0 Å². The van der Waals surface area contributed by atoms with Gasteiger partial charge in [-0.2, -0.15) is 0 Å². The van der Waals surface area contributed by atoms with Gasteiger partial charge < -0.3 is 10.5 Å². The second kappa shape index (κ2) is 6.05. The second-order valence-electron chi connectivity index (χ2n) is 2.17. The maximum Gasteiger partial charge on any atom is 0.105 e. The average molecular weight is 131 g/mol. The highest BCUT2D eigenvalue weighted by molar-refractivity contribution is 4.41. The monoisotopic (exact) mass is 131 g/mol. The van der Waals surface area contributed by atoms with Crippen LogP contribution in [-0.4, -0.2) is 12.8 Å². The molecule has 0 aromatic heterocycles. The lowest BCUT2D eigenvalue weighted by Gasteiger charge is -2.08. The molecule has 0 amide bonds. The van der Waals surface area contributed by atoms with Gasteiger partial charge in [-0.1, -0.05) is 20.3 Å². The number of hydrogen-bond acceptors (Lipinski definition) is 2.